The molecule has 5 heteroatoms. The average Bonchev–Trinajstić information content (AvgIpc) is 2.95. The molecule has 5 nitrogen and oxygen atoms in total. The van der Waals surface area contributed by atoms with Crippen LogP contribution in [0, 0.1) is 5.92 Å². The van der Waals surface area contributed by atoms with Crippen molar-refractivity contribution in [1.29, 1.82) is 0 Å². The molecule has 1 fully saturated rings. The SMILES string of the molecule is C=C(C)C1CC[C@](C)(O)[C@H]2Oc3cc(CCCCC)c(C(=O)O)c(O)c3[C@@H]12. The summed E-state index contributed by atoms with van der Waals surface area (Å²) in [6.07, 6.45) is 4.26. The van der Waals surface area contributed by atoms with E-state index >= 15 is 0 Å². The lowest BCUT2D eigenvalue weighted by molar-refractivity contribution is -0.0824. The summed E-state index contributed by atoms with van der Waals surface area (Å²) >= 11 is 0. The van der Waals surface area contributed by atoms with Crippen LogP contribution in [0.25, 0.3) is 0 Å². The van der Waals surface area contributed by atoms with Gasteiger partial charge in [0.1, 0.15) is 23.2 Å². The standard InChI is InChI=1S/C22H30O5/c1-5-6-7-8-13-11-15-18(19(23)16(13)21(24)25)17-14(12(2)3)9-10-22(4,26)20(17)27-15/h11,14,17,20,23,26H,2,5-10H2,1,3-4H3,(H,24,25)/t14?,17-,20+,22+/m1/s1. The van der Waals surface area contributed by atoms with Crippen molar-refractivity contribution in [2.24, 2.45) is 5.92 Å². The Balaban J connectivity index is 2.12. The average molecular weight is 374 g/mol. The predicted octanol–water partition coefficient (Wildman–Crippen LogP) is 4.40. The first-order valence-electron chi connectivity index (χ1n) is 9.85. The van der Waals surface area contributed by atoms with Gasteiger partial charge in [-0.25, -0.2) is 4.79 Å². The van der Waals surface area contributed by atoms with Gasteiger partial charge in [-0.2, -0.15) is 0 Å². The zero-order chi connectivity index (χ0) is 19.9. The number of carboxylic acids is 1. The van der Waals surface area contributed by atoms with E-state index in [1.54, 1.807) is 13.0 Å². The molecule has 1 aliphatic heterocycles. The highest BCUT2D eigenvalue weighted by molar-refractivity contribution is 5.94. The number of carboxylic acid groups (broad SMARTS) is 1. The van der Waals surface area contributed by atoms with Crippen molar-refractivity contribution in [3.05, 3.63) is 34.9 Å². The monoisotopic (exact) mass is 374 g/mol. The zero-order valence-electron chi connectivity index (χ0n) is 16.4. The number of hydrogen-bond donors (Lipinski definition) is 3. The minimum absolute atomic E-state index is 0.0280. The second-order valence-electron chi connectivity index (χ2n) is 8.35. The van der Waals surface area contributed by atoms with Crippen molar-refractivity contribution in [2.75, 3.05) is 0 Å². The molecular weight excluding hydrogens is 344 g/mol. The third-order valence-corrected chi connectivity index (χ3v) is 6.20. The molecule has 1 unspecified atom stereocenters. The molecule has 1 heterocycles. The number of phenols is 1. The predicted molar refractivity (Wildman–Crippen MR) is 104 cm³/mol. The van der Waals surface area contributed by atoms with Gasteiger partial charge in [-0.05, 0) is 57.1 Å². The molecule has 0 spiro atoms. The number of aliphatic hydroxyl groups is 1. The van der Waals surface area contributed by atoms with Gasteiger partial charge in [0, 0.05) is 11.5 Å². The number of aromatic carboxylic acids is 1. The molecule has 148 valence electrons. The molecule has 4 atom stereocenters. The van der Waals surface area contributed by atoms with Gasteiger partial charge in [-0.1, -0.05) is 31.9 Å². The molecule has 0 radical (unpaired) electrons. The highest BCUT2D eigenvalue weighted by atomic mass is 16.5. The highest BCUT2D eigenvalue weighted by Gasteiger charge is 2.54. The normalized spacial score (nSPS) is 29.0. The Hall–Kier alpha value is -2.01. The van der Waals surface area contributed by atoms with Crippen LogP contribution in [0.15, 0.2) is 18.2 Å². The first-order chi connectivity index (χ1) is 12.7. The van der Waals surface area contributed by atoms with Crippen molar-refractivity contribution in [1.82, 2.24) is 0 Å². The number of fused-ring (bicyclic) bond motifs is 3. The summed E-state index contributed by atoms with van der Waals surface area (Å²) in [6, 6.07) is 1.76. The molecule has 2 aliphatic rings. The maximum Gasteiger partial charge on any atom is 0.339 e. The molecule has 0 saturated heterocycles. The number of unbranched alkanes of at least 4 members (excludes halogenated alkanes) is 2. The number of hydrogen-bond acceptors (Lipinski definition) is 4. The summed E-state index contributed by atoms with van der Waals surface area (Å²) in [4.78, 5) is 11.9. The topological polar surface area (TPSA) is 87.0 Å². The van der Waals surface area contributed by atoms with E-state index in [0.29, 0.717) is 29.7 Å². The van der Waals surface area contributed by atoms with Crippen LogP contribution in [0.2, 0.25) is 0 Å². The van der Waals surface area contributed by atoms with E-state index < -0.39 is 17.7 Å². The molecule has 1 aromatic carbocycles. The van der Waals surface area contributed by atoms with Crippen LogP contribution in [0.5, 0.6) is 11.5 Å². The van der Waals surface area contributed by atoms with Crippen LogP contribution in [0.3, 0.4) is 0 Å². The van der Waals surface area contributed by atoms with Crippen LogP contribution < -0.4 is 4.74 Å². The Labute approximate surface area is 160 Å². The number of allylic oxidation sites excluding steroid dienone is 1. The van der Waals surface area contributed by atoms with E-state index in [0.717, 1.165) is 31.3 Å². The first-order valence-corrected chi connectivity index (χ1v) is 9.85. The number of benzene rings is 1. The highest BCUT2D eigenvalue weighted by Crippen LogP contribution is 2.57. The molecule has 0 bridgehead atoms. The molecule has 0 aromatic heterocycles. The van der Waals surface area contributed by atoms with Crippen molar-refractivity contribution < 1.29 is 24.9 Å². The van der Waals surface area contributed by atoms with Crippen molar-refractivity contribution >= 4 is 5.97 Å². The van der Waals surface area contributed by atoms with Crippen LogP contribution in [0.1, 0.15) is 80.3 Å². The van der Waals surface area contributed by atoms with Crippen molar-refractivity contribution in [3.63, 3.8) is 0 Å². The van der Waals surface area contributed by atoms with Gasteiger partial charge < -0.3 is 20.1 Å². The first kappa shape index (κ1) is 19.7. The van der Waals surface area contributed by atoms with E-state index in [9.17, 15) is 20.1 Å². The van der Waals surface area contributed by atoms with E-state index in [1.807, 2.05) is 6.92 Å². The number of ether oxygens (including phenoxy) is 1. The third-order valence-electron chi connectivity index (χ3n) is 6.20. The summed E-state index contributed by atoms with van der Waals surface area (Å²) in [5.41, 5.74) is 1.01. The number of carbonyl (C=O) groups is 1. The van der Waals surface area contributed by atoms with Gasteiger partial charge >= 0.3 is 5.97 Å². The smallest absolute Gasteiger partial charge is 0.339 e. The Kier molecular flexibility index (Phi) is 5.26. The lowest BCUT2D eigenvalue weighted by Gasteiger charge is -2.42. The molecule has 1 aliphatic carbocycles. The Morgan fingerprint density at radius 1 is 1.41 bits per heavy atom. The lowest BCUT2D eigenvalue weighted by Crippen LogP contribution is -2.50. The van der Waals surface area contributed by atoms with Crippen LogP contribution in [0.4, 0.5) is 0 Å². The fraction of sp³-hybridized carbons (Fsp3) is 0.591. The van der Waals surface area contributed by atoms with E-state index in [4.69, 9.17) is 4.74 Å². The molecule has 0 amide bonds. The van der Waals surface area contributed by atoms with Gasteiger partial charge in [-0.3, -0.25) is 0 Å². The number of aromatic hydroxyl groups is 1. The van der Waals surface area contributed by atoms with Crippen LogP contribution in [-0.2, 0) is 6.42 Å². The zero-order valence-corrected chi connectivity index (χ0v) is 16.4. The van der Waals surface area contributed by atoms with Gasteiger partial charge in [-0.15, -0.1) is 0 Å². The van der Waals surface area contributed by atoms with Crippen LogP contribution in [-0.4, -0.2) is 33.0 Å². The van der Waals surface area contributed by atoms with Gasteiger partial charge in [0.15, 0.2) is 0 Å². The second-order valence-corrected chi connectivity index (χ2v) is 8.35. The minimum Gasteiger partial charge on any atom is -0.507 e. The summed E-state index contributed by atoms with van der Waals surface area (Å²) in [5.74, 6) is -1.07. The van der Waals surface area contributed by atoms with Crippen molar-refractivity contribution in [3.8, 4) is 11.5 Å². The molecule has 1 aromatic rings. The quantitative estimate of drug-likeness (QED) is 0.507. The summed E-state index contributed by atoms with van der Waals surface area (Å²) in [5, 5.41) is 31.6. The third kappa shape index (κ3) is 3.33. The molecular formula is C22H30O5. The summed E-state index contributed by atoms with van der Waals surface area (Å²) in [7, 11) is 0. The fourth-order valence-corrected chi connectivity index (χ4v) is 4.74. The minimum atomic E-state index is -1.13. The maximum absolute atomic E-state index is 11.9. The van der Waals surface area contributed by atoms with E-state index in [-0.39, 0.29) is 23.1 Å². The summed E-state index contributed by atoms with van der Waals surface area (Å²) in [6.45, 7) is 9.86. The molecule has 3 N–H and O–H groups in total. The van der Waals surface area contributed by atoms with Crippen LogP contribution >= 0.6 is 0 Å². The molecule has 27 heavy (non-hydrogen) atoms. The fourth-order valence-electron chi connectivity index (χ4n) is 4.74. The lowest BCUT2D eigenvalue weighted by atomic mass is 9.66. The van der Waals surface area contributed by atoms with Crippen molar-refractivity contribution in [2.45, 2.75) is 76.9 Å². The maximum atomic E-state index is 11.9. The Bertz CT molecular complexity index is 764. The van der Waals surface area contributed by atoms with E-state index in [2.05, 4.69) is 13.5 Å². The van der Waals surface area contributed by atoms with Gasteiger partial charge in [0.2, 0.25) is 0 Å². The van der Waals surface area contributed by atoms with Gasteiger partial charge in [0.25, 0.3) is 0 Å². The second kappa shape index (κ2) is 7.19. The number of rotatable bonds is 6. The Morgan fingerprint density at radius 2 is 2.11 bits per heavy atom. The largest absolute Gasteiger partial charge is 0.507 e. The molecule has 1 saturated carbocycles. The molecule has 3 rings (SSSR count). The summed E-state index contributed by atoms with van der Waals surface area (Å²) < 4.78 is 6.13. The van der Waals surface area contributed by atoms with Gasteiger partial charge in [0.05, 0.1) is 5.60 Å². The van der Waals surface area contributed by atoms with E-state index in [1.165, 1.54) is 0 Å². The number of aryl methyl sites for hydroxylation is 1. The Morgan fingerprint density at radius 3 is 2.70 bits per heavy atom.